The summed E-state index contributed by atoms with van der Waals surface area (Å²) in [6.45, 7) is 2.62. The van der Waals surface area contributed by atoms with E-state index in [0.717, 1.165) is 40.9 Å². The summed E-state index contributed by atoms with van der Waals surface area (Å²) in [6.07, 6.45) is 7.61. The molecule has 0 N–H and O–H groups in total. The second-order valence-corrected chi connectivity index (χ2v) is 7.06. The van der Waals surface area contributed by atoms with E-state index in [1.54, 1.807) is 6.33 Å². The molecule has 1 aliphatic heterocycles. The SMILES string of the molecule is Cn1cnnc1-c1ccc2cnc(CC(=O)CN3CCCCC3)cc2c1. The number of aromatic nitrogens is 4. The summed E-state index contributed by atoms with van der Waals surface area (Å²) in [7, 11) is 1.93. The number of benzene rings is 1. The van der Waals surface area contributed by atoms with Gasteiger partial charge in [0.2, 0.25) is 0 Å². The molecule has 0 radical (unpaired) electrons. The van der Waals surface area contributed by atoms with Crippen molar-refractivity contribution in [3.63, 3.8) is 0 Å². The smallest absolute Gasteiger partial charge is 0.163 e. The van der Waals surface area contributed by atoms with Gasteiger partial charge in [-0.05, 0) is 43.5 Å². The lowest BCUT2D eigenvalue weighted by Crippen LogP contribution is -2.35. The summed E-state index contributed by atoms with van der Waals surface area (Å²) in [5.41, 5.74) is 1.84. The lowest BCUT2D eigenvalue weighted by molar-refractivity contribution is -0.119. The number of nitrogens with zero attached hydrogens (tertiary/aromatic N) is 5. The van der Waals surface area contributed by atoms with E-state index in [9.17, 15) is 4.79 Å². The molecule has 4 rings (SSSR count). The topological polar surface area (TPSA) is 63.9 Å². The molecule has 6 heteroatoms. The zero-order chi connectivity index (χ0) is 17.9. The summed E-state index contributed by atoms with van der Waals surface area (Å²) < 4.78 is 1.89. The van der Waals surface area contributed by atoms with Crippen LogP contribution in [0.2, 0.25) is 0 Å². The first-order chi connectivity index (χ1) is 12.7. The number of hydrogen-bond donors (Lipinski definition) is 0. The van der Waals surface area contributed by atoms with Crippen LogP contribution >= 0.6 is 0 Å². The monoisotopic (exact) mass is 349 g/mol. The number of likely N-dealkylation sites (tertiary alicyclic amines) is 1. The highest BCUT2D eigenvalue weighted by Gasteiger charge is 2.15. The normalized spacial score (nSPS) is 15.4. The second-order valence-electron chi connectivity index (χ2n) is 7.06. The molecule has 0 spiro atoms. The maximum atomic E-state index is 12.4. The summed E-state index contributed by atoms with van der Waals surface area (Å²) in [5, 5.41) is 10.2. The molecule has 0 saturated carbocycles. The van der Waals surface area contributed by atoms with Crippen LogP contribution in [0.25, 0.3) is 22.2 Å². The van der Waals surface area contributed by atoms with Crippen molar-refractivity contribution in [1.82, 2.24) is 24.6 Å². The van der Waals surface area contributed by atoms with E-state index in [0.29, 0.717) is 13.0 Å². The molecule has 2 aromatic heterocycles. The van der Waals surface area contributed by atoms with E-state index in [4.69, 9.17) is 0 Å². The van der Waals surface area contributed by atoms with Gasteiger partial charge >= 0.3 is 0 Å². The number of pyridine rings is 1. The van der Waals surface area contributed by atoms with Crippen molar-refractivity contribution in [3.8, 4) is 11.4 Å². The molecule has 6 nitrogen and oxygen atoms in total. The minimum Gasteiger partial charge on any atom is -0.317 e. The molecule has 0 atom stereocenters. The van der Waals surface area contributed by atoms with E-state index in [2.05, 4.69) is 26.1 Å². The number of aryl methyl sites for hydroxylation is 1. The summed E-state index contributed by atoms with van der Waals surface area (Å²) in [6, 6.07) is 8.16. The lowest BCUT2D eigenvalue weighted by atomic mass is 10.1. The Morgan fingerprint density at radius 3 is 2.73 bits per heavy atom. The fourth-order valence-corrected chi connectivity index (χ4v) is 3.59. The molecule has 3 heterocycles. The molecule has 1 saturated heterocycles. The molecule has 0 aliphatic carbocycles. The predicted octanol–water partition coefficient (Wildman–Crippen LogP) is 2.63. The maximum absolute atomic E-state index is 12.4. The highest BCUT2D eigenvalue weighted by atomic mass is 16.1. The molecule has 1 fully saturated rings. The van der Waals surface area contributed by atoms with Gasteiger partial charge in [-0.15, -0.1) is 10.2 Å². The van der Waals surface area contributed by atoms with E-state index in [1.807, 2.05) is 36.0 Å². The zero-order valence-corrected chi connectivity index (χ0v) is 15.1. The van der Waals surface area contributed by atoms with E-state index in [1.165, 1.54) is 19.3 Å². The molecular formula is C20H23N5O. The Labute approximate surface area is 152 Å². The first-order valence-electron chi connectivity index (χ1n) is 9.16. The quantitative estimate of drug-likeness (QED) is 0.708. The van der Waals surface area contributed by atoms with Crippen LogP contribution in [0.3, 0.4) is 0 Å². The number of fused-ring (bicyclic) bond motifs is 1. The lowest BCUT2D eigenvalue weighted by Gasteiger charge is -2.25. The highest BCUT2D eigenvalue weighted by molar-refractivity contribution is 5.88. The summed E-state index contributed by atoms with van der Waals surface area (Å²) in [4.78, 5) is 19.2. The molecule has 1 aromatic carbocycles. The number of carbonyl (C=O) groups is 1. The van der Waals surface area contributed by atoms with Gasteiger partial charge in [-0.1, -0.05) is 18.6 Å². The van der Waals surface area contributed by atoms with Gasteiger partial charge in [0, 0.05) is 29.9 Å². The second kappa shape index (κ2) is 7.33. The fraction of sp³-hybridized carbons (Fsp3) is 0.400. The van der Waals surface area contributed by atoms with Crippen LogP contribution < -0.4 is 0 Å². The van der Waals surface area contributed by atoms with Gasteiger partial charge in [-0.2, -0.15) is 0 Å². The Bertz CT molecular complexity index is 927. The zero-order valence-electron chi connectivity index (χ0n) is 15.1. The Morgan fingerprint density at radius 1 is 1.12 bits per heavy atom. The van der Waals surface area contributed by atoms with E-state index >= 15 is 0 Å². The first-order valence-corrected chi connectivity index (χ1v) is 9.16. The Balaban J connectivity index is 1.52. The number of hydrogen-bond acceptors (Lipinski definition) is 5. The van der Waals surface area contributed by atoms with Crippen molar-refractivity contribution in [1.29, 1.82) is 0 Å². The van der Waals surface area contributed by atoms with Gasteiger partial charge in [0.05, 0.1) is 13.0 Å². The number of ketones is 1. The average molecular weight is 349 g/mol. The van der Waals surface area contributed by atoms with Crippen LogP contribution in [0.1, 0.15) is 25.0 Å². The highest BCUT2D eigenvalue weighted by Crippen LogP contribution is 2.23. The number of Topliss-reactive ketones (excluding diaryl/α,β-unsaturated/α-hetero) is 1. The summed E-state index contributed by atoms with van der Waals surface area (Å²) in [5.74, 6) is 1.06. The van der Waals surface area contributed by atoms with Crippen LogP contribution in [0.5, 0.6) is 0 Å². The van der Waals surface area contributed by atoms with Gasteiger partial charge in [0.1, 0.15) is 6.33 Å². The van der Waals surface area contributed by atoms with Crippen molar-refractivity contribution in [2.24, 2.45) is 7.05 Å². The molecule has 3 aromatic rings. The van der Waals surface area contributed by atoms with Crippen LogP contribution in [-0.2, 0) is 18.3 Å². The Kier molecular flexibility index (Phi) is 4.75. The predicted molar refractivity (Wildman–Crippen MR) is 101 cm³/mol. The minimum absolute atomic E-state index is 0.239. The van der Waals surface area contributed by atoms with Crippen LogP contribution in [-0.4, -0.2) is 50.1 Å². The standard InChI is InChI=1S/C20H23N5O/c1-24-14-22-23-20(24)15-5-6-16-12-21-18(10-17(16)9-15)11-19(26)13-25-7-3-2-4-8-25/h5-6,9-10,12,14H,2-4,7-8,11,13H2,1H3. The van der Waals surface area contributed by atoms with Crippen molar-refractivity contribution in [3.05, 3.63) is 42.5 Å². The Morgan fingerprint density at radius 2 is 1.96 bits per heavy atom. The first kappa shape index (κ1) is 16.8. The van der Waals surface area contributed by atoms with Gasteiger partial charge in [-0.3, -0.25) is 14.7 Å². The largest absolute Gasteiger partial charge is 0.317 e. The van der Waals surface area contributed by atoms with Gasteiger partial charge < -0.3 is 4.57 Å². The van der Waals surface area contributed by atoms with Gasteiger partial charge in [0.25, 0.3) is 0 Å². The van der Waals surface area contributed by atoms with Crippen molar-refractivity contribution in [2.45, 2.75) is 25.7 Å². The number of carbonyl (C=O) groups excluding carboxylic acids is 1. The molecule has 0 amide bonds. The molecule has 0 bridgehead atoms. The summed E-state index contributed by atoms with van der Waals surface area (Å²) >= 11 is 0. The van der Waals surface area contributed by atoms with Crippen LogP contribution in [0.4, 0.5) is 0 Å². The molecule has 1 aliphatic rings. The third-order valence-electron chi connectivity index (χ3n) is 4.97. The van der Waals surface area contributed by atoms with Crippen molar-refractivity contribution >= 4 is 16.6 Å². The van der Waals surface area contributed by atoms with E-state index in [-0.39, 0.29) is 5.78 Å². The minimum atomic E-state index is 0.239. The molecular weight excluding hydrogens is 326 g/mol. The molecule has 0 unspecified atom stereocenters. The molecule has 26 heavy (non-hydrogen) atoms. The number of piperidine rings is 1. The van der Waals surface area contributed by atoms with E-state index < -0.39 is 0 Å². The van der Waals surface area contributed by atoms with Gasteiger partial charge in [0.15, 0.2) is 11.6 Å². The van der Waals surface area contributed by atoms with Crippen molar-refractivity contribution < 1.29 is 4.79 Å². The third-order valence-corrected chi connectivity index (χ3v) is 4.97. The van der Waals surface area contributed by atoms with Crippen LogP contribution in [0, 0.1) is 0 Å². The maximum Gasteiger partial charge on any atom is 0.163 e. The molecule has 134 valence electrons. The number of rotatable bonds is 5. The van der Waals surface area contributed by atoms with Crippen LogP contribution in [0.15, 0.2) is 36.8 Å². The van der Waals surface area contributed by atoms with Gasteiger partial charge in [-0.25, -0.2) is 0 Å². The fourth-order valence-electron chi connectivity index (χ4n) is 3.59. The average Bonchev–Trinajstić information content (AvgIpc) is 3.08. The Hall–Kier alpha value is -2.60. The third kappa shape index (κ3) is 3.65. The van der Waals surface area contributed by atoms with Crippen molar-refractivity contribution in [2.75, 3.05) is 19.6 Å².